The van der Waals surface area contributed by atoms with Crippen molar-refractivity contribution in [1.29, 1.82) is 0 Å². The Morgan fingerprint density at radius 3 is 2.94 bits per heavy atom. The largest absolute Gasteiger partial charge is 0.438 e. The van der Waals surface area contributed by atoms with Crippen LogP contribution in [0.1, 0.15) is 18.9 Å². The third kappa shape index (κ3) is 3.22. The van der Waals surface area contributed by atoms with Crippen molar-refractivity contribution in [3.8, 4) is 11.3 Å². The van der Waals surface area contributed by atoms with Gasteiger partial charge in [-0.05, 0) is 19.1 Å². The molecule has 0 spiro atoms. The molecule has 1 aromatic carbocycles. The van der Waals surface area contributed by atoms with E-state index in [9.17, 15) is 0 Å². The van der Waals surface area contributed by atoms with Crippen molar-refractivity contribution in [2.24, 2.45) is 0 Å². The minimum atomic E-state index is -0.143. The first-order chi connectivity index (χ1) is 8.74. The number of alkyl halides is 1. The molecule has 96 valence electrons. The van der Waals surface area contributed by atoms with Crippen LogP contribution in [0, 0.1) is 0 Å². The number of rotatable bonds is 5. The molecule has 0 unspecified atom stereocenters. The van der Waals surface area contributed by atoms with Gasteiger partial charge in [-0.2, -0.15) is 0 Å². The minimum Gasteiger partial charge on any atom is -0.438 e. The summed E-state index contributed by atoms with van der Waals surface area (Å²) in [5, 5.41) is 0.666. The van der Waals surface area contributed by atoms with Crippen LogP contribution >= 0.6 is 31.9 Å². The molecular formula is C13H13Br2NO2. The molecule has 1 aromatic heterocycles. The van der Waals surface area contributed by atoms with Crippen molar-refractivity contribution in [1.82, 2.24) is 4.98 Å². The summed E-state index contributed by atoms with van der Waals surface area (Å²) < 4.78 is 12.3. The molecular weight excluding hydrogens is 362 g/mol. The van der Waals surface area contributed by atoms with Gasteiger partial charge in [0.1, 0.15) is 6.10 Å². The van der Waals surface area contributed by atoms with Gasteiger partial charge < -0.3 is 9.15 Å². The van der Waals surface area contributed by atoms with Crippen molar-refractivity contribution in [3.05, 3.63) is 40.8 Å². The van der Waals surface area contributed by atoms with E-state index in [2.05, 4.69) is 36.8 Å². The van der Waals surface area contributed by atoms with Crippen LogP contribution in [-0.4, -0.2) is 16.9 Å². The van der Waals surface area contributed by atoms with Crippen LogP contribution in [0.3, 0.4) is 0 Å². The van der Waals surface area contributed by atoms with Crippen molar-refractivity contribution in [3.63, 3.8) is 0 Å². The Labute approximate surface area is 123 Å². The maximum absolute atomic E-state index is 5.74. The van der Waals surface area contributed by atoms with E-state index in [1.807, 2.05) is 31.2 Å². The molecule has 0 aliphatic heterocycles. The van der Waals surface area contributed by atoms with Crippen LogP contribution in [-0.2, 0) is 4.74 Å². The quantitative estimate of drug-likeness (QED) is 0.718. The van der Waals surface area contributed by atoms with Crippen LogP contribution in [0.2, 0.25) is 0 Å². The summed E-state index contributed by atoms with van der Waals surface area (Å²) in [6.07, 6.45) is 1.59. The fourth-order valence-corrected chi connectivity index (χ4v) is 2.46. The smallest absolute Gasteiger partial charge is 0.224 e. The number of hydrogen-bond donors (Lipinski definition) is 0. The Morgan fingerprint density at radius 2 is 2.28 bits per heavy atom. The van der Waals surface area contributed by atoms with E-state index in [-0.39, 0.29) is 6.10 Å². The summed E-state index contributed by atoms with van der Waals surface area (Å²) in [6.45, 7) is 2.58. The summed E-state index contributed by atoms with van der Waals surface area (Å²) in [5.41, 5.74) is 0.993. The first kappa shape index (κ1) is 13.8. The van der Waals surface area contributed by atoms with Crippen LogP contribution < -0.4 is 0 Å². The molecule has 18 heavy (non-hydrogen) atoms. The molecule has 3 nitrogen and oxygen atoms in total. The molecule has 0 fully saturated rings. The van der Waals surface area contributed by atoms with Gasteiger partial charge >= 0.3 is 0 Å². The Balaban J connectivity index is 2.24. The van der Waals surface area contributed by atoms with Crippen LogP contribution in [0.4, 0.5) is 0 Å². The molecule has 5 heteroatoms. The summed E-state index contributed by atoms with van der Waals surface area (Å²) in [4.78, 5) is 4.28. The highest BCUT2D eigenvalue weighted by Gasteiger charge is 2.17. The van der Waals surface area contributed by atoms with Gasteiger partial charge in [0.05, 0.1) is 6.20 Å². The average Bonchev–Trinajstić information content (AvgIpc) is 2.85. The molecule has 0 amide bonds. The van der Waals surface area contributed by atoms with Crippen molar-refractivity contribution < 1.29 is 9.15 Å². The fraction of sp³-hybridized carbons (Fsp3) is 0.308. The zero-order valence-electron chi connectivity index (χ0n) is 9.90. The van der Waals surface area contributed by atoms with E-state index in [4.69, 9.17) is 9.15 Å². The van der Waals surface area contributed by atoms with Crippen LogP contribution in [0.15, 0.2) is 39.4 Å². The minimum absolute atomic E-state index is 0.143. The topological polar surface area (TPSA) is 35.3 Å². The molecule has 0 bridgehead atoms. The molecule has 2 aromatic rings. The van der Waals surface area contributed by atoms with E-state index >= 15 is 0 Å². The van der Waals surface area contributed by atoms with Crippen LogP contribution in [0.5, 0.6) is 0 Å². The first-order valence-corrected chi connectivity index (χ1v) is 7.55. The van der Waals surface area contributed by atoms with Gasteiger partial charge in [0.15, 0.2) is 5.76 Å². The molecule has 0 saturated heterocycles. The molecule has 1 heterocycles. The van der Waals surface area contributed by atoms with Gasteiger partial charge in [-0.15, -0.1) is 0 Å². The van der Waals surface area contributed by atoms with Crippen molar-refractivity contribution >= 4 is 31.9 Å². The van der Waals surface area contributed by atoms with Crippen molar-refractivity contribution in [2.45, 2.75) is 13.0 Å². The van der Waals surface area contributed by atoms with E-state index in [0.29, 0.717) is 17.8 Å². The number of aromatic nitrogens is 1. The monoisotopic (exact) mass is 373 g/mol. The van der Waals surface area contributed by atoms with Gasteiger partial charge in [-0.1, -0.05) is 44.0 Å². The van der Waals surface area contributed by atoms with Gasteiger partial charge in [0, 0.05) is 22.0 Å². The predicted octanol–water partition coefficient (Wildman–Crippen LogP) is 4.58. The lowest BCUT2D eigenvalue weighted by Gasteiger charge is -2.09. The van der Waals surface area contributed by atoms with Crippen molar-refractivity contribution in [2.75, 3.05) is 11.9 Å². The standard InChI is InChI=1S/C13H13Br2NO2/c1-2-17-11(7-14)13-16-8-12(18-13)9-4-3-5-10(15)6-9/h3-6,8,11H,2,7H2,1H3/t11-/m0/s1. The van der Waals surface area contributed by atoms with Gasteiger partial charge in [-0.3, -0.25) is 0 Å². The lowest BCUT2D eigenvalue weighted by atomic mass is 10.2. The molecule has 0 aliphatic carbocycles. The molecule has 1 atom stereocenters. The van der Waals surface area contributed by atoms with E-state index in [0.717, 1.165) is 15.8 Å². The zero-order chi connectivity index (χ0) is 13.0. The Morgan fingerprint density at radius 1 is 1.44 bits per heavy atom. The average molecular weight is 375 g/mol. The van der Waals surface area contributed by atoms with E-state index in [1.165, 1.54) is 0 Å². The van der Waals surface area contributed by atoms with Gasteiger partial charge in [-0.25, -0.2) is 4.98 Å². The highest BCUT2D eigenvalue weighted by molar-refractivity contribution is 9.10. The number of ether oxygens (including phenoxy) is 1. The van der Waals surface area contributed by atoms with Gasteiger partial charge in [0.25, 0.3) is 0 Å². The Hall–Kier alpha value is -0.650. The number of benzene rings is 1. The SMILES string of the molecule is CCO[C@@H](CBr)c1ncc(-c2cccc(Br)c2)o1. The highest BCUT2D eigenvalue weighted by Crippen LogP contribution is 2.27. The second-order valence-electron chi connectivity index (χ2n) is 3.67. The Bertz CT molecular complexity index is 513. The third-order valence-corrected chi connectivity index (χ3v) is 3.50. The zero-order valence-corrected chi connectivity index (χ0v) is 13.1. The highest BCUT2D eigenvalue weighted by atomic mass is 79.9. The lowest BCUT2D eigenvalue weighted by molar-refractivity contribution is 0.0612. The number of halogens is 2. The molecule has 0 radical (unpaired) electrons. The molecule has 0 aliphatic rings. The fourth-order valence-electron chi connectivity index (χ4n) is 1.59. The number of oxazole rings is 1. The first-order valence-electron chi connectivity index (χ1n) is 5.63. The molecule has 2 rings (SSSR count). The second kappa shape index (κ2) is 6.50. The van der Waals surface area contributed by atoms with Gasteiger partial charge in [0.2, 0.25) is 5.89 Å². The third-order valence-electron chi connectivity index (χ3n) is 2.42. The number of nitrogens with zero attached hydrogens (tertiary/aromatic N) is 1. The maximum Gasteiger partial charge on any atom is 0.224 e. The molecule has 0 N–H and O–H groups in total. The Kier molecular flexibility index (Phi) is 4.97. The van der Waals surface area contributed by atoms with Crippen LogP contribution in [0.25, 0.3) is 11.3 Å². The lowest BCUT2D eigenvalue weighted by Crippen LogP contribution is -2.05. The number of hydrogen-bond acceptors (Lipinski definition) is 3. The predicted molar refractivity (Wildman–Crippen MR) is 77.8 cm³/mol. The summed E-state index contributed by atoms with van der Waals surface area (Å²) in [5.74, 6) is 1.35. The second-order valence-corrected chi connectivity index (χ2v) is 5.23. The summed E-state index contributed by atoms with van der Waals surface area (Å²) in [6, 6.07) is 7.92. The van der Waals surface area contributed by atoms with E-state index in [1.54, 1.807) is 6.20 Å². The maximum atomic E-state index is 5.74. The van der Waals surface area contributed by atoms with E-state index < -0.39 is 0 Å². The summed E-state index contributed by atoms with van der Waals surface area (Å²) in [7, 11) is 0. The summed E-state index contributed by atoms with van der Waals surface area (Å²) >= 11 is 6.84. The normalized spacial score (nSPS) is 12.6. The molecule has 0 saturated carbocycles.